The van der Waals surface area contributed by atoms with Crippen LogP contribution in [0.1, 0.15) is 59.4 Å². The smallest absolute Gasteiger partial charge is 0.330 e. The van der Waals surface area contributed by atoms with Gasteiger partial charge in [0.1, 0.15) is 23.3 Å². The highest BCUT2D eigenvalue weighted by molar-refractivity contribution is 5.99. The molecule has 1 amide bonds. The van der Waals surface area contributed by atoms with Crippen LogP contribution >= 0.6 is 0 Å². The Morgan fingerprint density at radius 2 is 1.76 bits per heavy atom. The number of hydrogen-bond donors (Lipinski definition) is 1. The normalized spacial score (nSPS) is 13.9. The third-order valence-corrected chi connectivity index (χ3v) is 5.33. The van der Waals surface area contributed by atoms with E-state index < -0.39 is 35.4 Å². The van der Waals surface area contributed by atoms with Crippen molar-refractivity contribution in [1.29, 1.82) is 0 Å². The van der Waals surface area contributed by atoms with Crippen molar-refractivity contribution in [2.45, 2.75) is 71.9 Å². The first kappa shape index (κ1) is 29.2. The predicted molar refractivity (Wildman–Crippen MR) is 131 cm³/mol. The van der Waals surface area contributed by atoms with Crippen molar-refractivity contribution < 1.29 is 28.6 Å². The van der Waals surface area contributed by atoms with Gasteiger partial charge in [-0.3, -0.25) is 14.6 Å². The maximum Gasteiger partial charge on any atom is 0.330 e. The summed E-state index contributed by atoms with van der Waals surface area (Å²) in [6, 6.07) is 6.11. The van der Waals surface area contributed by atoms with Crippen LogP contribution in [0.25, 0.3) is 0 Å². The molecule has 0 aliphatic carbocycles. The molecule has 190 valence electrons. The van der Waals surface area contributed by atoms with Gasteiger partial charge in [-0.05, 0) is 63.6 Å². The van der Waals surface area contributed by atoms with Crippen LogP contribution in [0.4, 0.5) is 0 Å². The lowest BCUT2D eigenvalue weighted by Gasteiger charge is -2.31. The molecule has 0 radical (unpaired) electrons. The molecule has 0 spiro atoms. The molecule has 2 N–H and O–H groups in total. The SMILES string of the molecule is C=CCCOc1ccc(C[C@H](C(=O)OC(C)(C)C)C(=O)N(N)[C@@H](CC(C)CC)C(=O)OC)cc1. The molecule has 0 fully saturated rings. The number of ether oxygens (including phenoxy) is 3. The Hall–Kier alpha value is -2.87. The number of methoxy groups -OCH3 is 1. The Balaban J connectivity index is 3.17. The molecule has 3 atom stereocenters. The molecular weight excluding hydrogens is 436 g/mol. The first-order chi connectivity index (χ1) is 15.9. The lowest BCUT2D eigenvalue weighted by Crippen LogP contribution is -2.54. The zero-order valence-electron chi connectivity index (χ0n) is 21.3. The van der Waals surface area contributed by atoms with Gasteiger partial charge in [-0.25, -0.2) is 10.6 Å². The molecule has 0 saturated heterocycles. The van der Waals surface area contributed by atoms with Gasteiger partial charge in [0.05, 0.1) is 13.7 Å². The van der Waals surface area contributed by atoms with Crippen LogP contribution in [0.15, 0.2) is 36.9 Å². The van der Waals surface area contributed by atoms with Gasteiger partial charge >= 0.3 is 11.9 Å². The number of nitrogens with two attached hydrogens (primary N) is 1. The number of carbonyl (C=O) groups is 3. The van der Waals surface area contributed by atoms with Crippen molar-refractivity contribution in [3.8, 4) is 5.75 Å². The quantitative estimate of drug-likeness (QED) is 0.0877. The molecule has 0 aromatic heterocycles. The summed E-state index contributed by atoms with van der Waals surface area (Å²) in [4.78, 5) is 38.8. The number of esters is 2. The van der Waals surface area contributed by atoms with Gasteiger partial charge in [-0.15, -0.1) is 6.58 Å². The summed E-state index contributed by atoms with van der Waals surface area (Å²) >= 11 is 0. The van der Waals surface area contributed by atoms with Gasteiger partial charge in [0.15, 0.2) is 0 Å². The second-order valence-electron chi connectivity index (χ2n) is 9.39. The van der Waals surface area contributed by atoms with E-state index in [1.807, 2.05) is 13.8 Å². The van der Waals surface area contributed by atoms with Gasteiger partial charge < -0.3 is 14.2 Å². The first-order valence-corrected chi connectivity index (χ1v) is 11.6. The van der Waals surface area contributed by atoms with Crippen molar-refractivity contribution >= 4 is 17.8 Å². The van der Waals surface area contributed by atoms with Gasteiger partial charge in [-0.2, -0.15) is 0 Å². The number of hydrogen-bond acceptors (Lipinski definition) is 7. The minimum absolute atomic E-state index is 0.0611. The van der Waals surface area contributed by atoms with Crippen LogP contribution in [0.2, 0.25) is 0 Å². The van der Waals surface area contributed by atoms with Gasteiger partial charge in [0.25, 0.3) is 5.91 Å². The van der Waals surface area contributed by atoms with Gasteiger partial charge in [-0.1, -0.05) is 38.5 Å². The van der Waals surface area contributed by atoms with E-state index in [2.05, 4.69) is 6.58 Å². The Morgan fingerprint density at radius 3 is 2.26 bits per heavy atom. The van der Waals surface area contributed by atoms with Crippen molar-refractivity contribution in [2.24, 2.45) is 17.7 Å². The lowest BCUT2D eigenvalue weighted by molar-refractivity contribution is -0.168. The molecule has 0 saturated carbocycles. The van der Waals surface area contributed by atoms with Crippen molar-refractivity contribution in [1.82, 2.24) is 5.01 Å². The average Bonchev–Trinajstić information content (AvgIpc) is 2.79. The summed E-state index contributed by atoms with van der Waals surface area (Å²) in [7, 11) is 1.24. The standard InChI is InChI=1S/C26H40N2O6/c1-8-10-15-33-20-13-11-19(12-14-20)17-21(24(30)34-26(4,5)6)23(29)28(27)22(25(31)32-7)16-18(3)9-2/h8,11-14,18,21-22H,1,9-10,15-17,27H2,2-7H3/t18?,21-,22-/m0/s1. The summed E-state index contributed by atoms with van der Waals surface area (Å²) in [5.41, 5.74) is -0.0682. The summed E-state index contributed by atoms with van der Waals surface area (Å²) in [5.74, 6) is 3.69. The zero-order valence-corrected chi connectivity index (χ0v) is 21.3. The molecule has 1 aromatic carbocycles. The van der Waals surface area contributed by atoms with E-state index in [0.717, 1.165) is 23.4 Å². The Kier molecular flexibility index (Phi) is 11.8. The number of nitrogens with zero attached hydrogens (tertiary/aromatic N) is 1. The maximum absolute atomic E-state index is 13.4. The van der Waals surface area contributed by atoms with E-state index in [9.17, 15) is 14.4 Å². The molecular formula is C26H40N2O6. The number of hydrazine groups is 1. The summed E-state index contributed by atoms with van der Waals surface area (Å²) in [6.07, 6.45) is 3.68. The van der Waals surface area contributed by atoms with Crippen LogP contribution in [0, 0.1) is 11.8 Å². The fourth-order valence-corrected chi connectivity index (χ4v) is 3.20. The van der Waals surface area contributed by atoms with Crippen LogP contribution in [0.3, 0.4) is 0 Å². The molecule has 0 bridgehead atoms. The van der Waals surface area contributed by atoms with Crippen molar-refractivity contribution in [3.05, 3.63) is 42.5 Å². The molecule has 1 rings (SSSR count). The van der Waals surface area contributed by atoms with E-state index in [4.69, 9.17) is 20.1 Å². The van der Waals surface area contributed by atoms with Crippen LogP contribution < -0.4 is 10.6 Å². The minimum atomic E-state index is -1.22. The molecule has 0 heterocycles. The molecule has 1 unspecified atom stereocenters. The van der Waals surface area contributed by atoms with Crippen molar-refractivity contribution in [3.63, 3.8) is 0 Å². The molecule has 0 aliphatic rings. The third-order valence-electron chi connectivity index (χ3n) is 5.33. The molecule has 1 aromatic rings. The zero-order chi connectivity index (χ0) is 25.9. The summed E-state index contributed by atoms with van der Waals surface area (Å²) in [6.45, 7) is 13.3. The largest absolute Gasteiger partial charge is 0.493 e. The Bertz CT molecular complexity index is 816. The first-order valence-electron chi connectivity index (χ1n) is 11.6. The predicted octanol–water partition coefficient (Wildman–Crippen LogP) is 3.82. The second-order valence-corrected chi connectivity index (χ2v) is 9.39. The van der Waals surface area contributed by atoms with E-state index >= 15 is 0 Å². The maximum atomic E-state index is 13.4. The monoisotopic (exact) mass is 476 g/mol. The molecule has 34 heavy (non-hydrogen) atoms. The minimum Gasteiger partial charge on any atom is -0.493 e. The fourth-order valence-electron chi connectivity index (χ4n) is 3.20. The van der Waals surface area contributed by atoms with Crippen LogP contribution in [0.5, 0.6) is 5.75 Å². The van der Waals surface area contributed by atoms with E-state index in [1.165, 1.54) is 7.11 Å². The number of benzene rings is 1. The average molecular weight is 477 g/mol. The topological polar surface area (TPSA) is 108 Å². The van der Waals surface area contributed by atoms with E-state index in [0.29, 0.717) is 18.8 Å². The van der Waals surface area contributed by atoms with Crippen molar-refractivity contribution in [2.75, 3.05) is 13.7 Å². The second kappa shape index (κ2) is 13.7. The van der Waals surface area contributed by atoms with Gasteiger partial charge in [0, 0.05) is 0 Å². The summed E-state index contributed by atoms with van der Waals surface area (Å²) in [5, 5.41) is 0.833. The molecule has 8 heteroatoms. The molecule has 8 nitrogen and oxygen atoms in total. The summed E-state index contributed by atoms with van der Waals surface area (Å²) < 4.78 is 16.0. The fraction of sp³-hybridized carbons (Fsp3) is 0.577. The highest BCUT2D eigenvalue weighted by Crippen LogP contribution is 2.22. The van der Waals surface area contributed by atoms with Crippen LogP contribution in [-0.2, 0) is 30.3 Å². The third kappa shape index (κ3) is 9.55. The number of rotatable bonds is 13. The Labute approximate surface area is 203 Å². The highest BCUT2D eigenvalue weighted by Gasteiger charge is 2.38. The highest BCUT2D eigenvalue weighted by atomic mass is 16.6. The van der Waals surface area contributed by atoms with E-state index in [1.54, 1.807) is 51.1 Å². The van der Waals surface area contributed by atoms with Gasteiger partial charge in [0.2, 0.25) is 0 Å². The lowest BCUT2D eigenvalue weighted by atomic mass is 9.95. The number of carbonyl (C=O) groups excluding carboxylic acids is 3. The molecule has 0 aliphatic heterocycles. The van der Waals surface area contributed by atoms with E-state index in [-0.39, 0.29) is 12.3 Å². The van der Waals surface area contributed by atoms with Crippen LogP contribution in [-0.4, -0.2) is 48.2 Å². The number of amides is 1. The Morgan fingerprint density at radius 1 is 1.15 bits per heavy atom.